The molecule has 2 fully saturated rings. The molecule has 0 saturated carbocycles. The Balaban J connectivity index is 1.50. The molecule has 0 amide bonds. The van der Waals surface area contributed by atoms with E-state index in [9.17, 15) is 0 Å². The molecule has 1 aromatic heterocycles. The third-order valence-corrected chi connectivity index (χ3v) is 4.93. The van der Waals surface area contributed by atoms with E-state index in [-0.39, 0.29) is 0 Å². The molecular formula is C16H27N5. The lowest BCUT2D eigenvalue weighted by atomic mass is 9.89. The van der Waals surface area contributed by atoms with Gasteiger partial charge >= 0.3 is 0 Å². The van der Waals surface area contributed by atoms with Crippen LogP contribution in [0.4, 0.5) is 5.95 Å². The van der Waals surface area contributed by atoms with E-state index < -0.39 is 0 Å². The molecule has 2 saturated heterocycles. The first-order chi connectivity index (χ1) is 10.3. The zero-order valence-corrected chi connectivity index (χ0v) is 13.3. The first-order valence-corrected chi connectivity index (χ1v) is 8.24. The molecule has 0 aromatic carbocycles. The Morgan fingerprint density at radius 3 is 2.52 bits per heavy atom. The van der Waals surface area contributed by atoms with Gasteiger partial charge in [-0.05, 0) is 57.6 Å². The van der Waals surface area contributed by atoms with E-state index in [1.165, 1.54) is 38.6 Å². The third-order valence-electron chi connectivity index (χ3n) is 4.93. The number of aromatic nitrogens is 2. The Morgan fingerprint density at radius 2 is 1.86 bits per heavy atom. The molecule has 1 unspecified atom stereocenters. The van der Waals surface area contributed by atoms with Crippen LogP contribution in [-0.2, 0) is 0 Å². The van der Waals surface area contributed by atoms with Crippen LogP contribution in [0, 0.1) is 12.8 Å². The van der Waals surface area contributed by atoms with Crippen LogP contribution in [0.3, 0.4) is 0 Å². The topological polar surface area (TPSA) is 44.3 Å². The van der Waals surface area contributed by atoms with E-state index in [1.54, 1.807) is 0 Å². The Hall–Kier alpha value is -1.20. The predicted molar refractivity (Wildman–Crippen MR) is 85.1 cm³/mol. The largest absolute Gasteiger partial charge is 0.341 e. The number of hydrazine groups is 1. The average Bonchev–Trinajstić information content (AvgIpc) is 2.96. The minimum Gasteiger partial charge on any atom is -0.341 e. The van der Waals surface area contributed by atoms with Gasteiger partial charge in [0.15, 0.2) is 0 Å². The average molecular weight is 289 g/mol. The summed E-state index contributed by atoms with van der Waals surface area (Å²) in [7, 11) is 2.05. The molecule has 3 rings (SSSR count). The summed E-state index contributed by atoms with van der Waals surface area (Å²) in [5.41, 5.74) is 4.47. The van der Waals surface area contributed by atoms with E-state index in [2.05, 4.69) is 32.4 Å². The molecule has 1 atom stereocenters. The van der Waals surface area contributed by atoms with Crippen LogP contribution >= 0.6 is 0 Å². The highest BCUT2D eigenvalue weighted by Gasteiger charge is 2.28. The summed E-state index contributed by atoms with van der Waals surface area (Å²) in [4.78, 5) is 11.2. The molecule has 21 heavy (non-hydrogen) atoms. The molecule has 1 aromatic rings. The SMILES string of the molecule is CNN1CCCC1CC1CCN(c2ncc(C)cn2)CC1. The number of piperidine rings is 1. The van der Waals surface area contributed by atoms with Gasteiger partial charge in [0, 0.05) is 38.1 Å². The number of hydrogen-bond donors (Lipinski definition) is 1. The van der Waals surface area contributed by atoms with Crippen LogP contribution in [-0.4, -0.2) is 47.7 Å². The van der Waals surface area contributed by atoms with Crippen molar-refractivity contribution in [2.75, 3.05) is 31.6 Å². The fourth-order valence-corrected chi connectivity index (χ4v) is 3.68. The summed E-state index contributed by atoms with van der Waals surface area (Å²) in [6, 6.07) is 0.738. The number of rotatable bonds is 4. The van der Waals surface area contributed by atoms with Crippen molar-refractivity contribution in [2.24, 2.45) is 5.92 Å². The molecule has 2 aliphatic heterocycles. The lowest BCUT2D eigenvalue weighted by molar-refractivity contribution is 0.157. The van der Waals surface area contributed by atoms with Gasteiger partial charge in [-0.15, -0.1) is 0 Å². The second kappa shape index (κ2) is 6.71. The molecular weight excluding hydrogens is 262 g/mol. The highest BCUT2D eigenvalue weighted by molar-refractivity contribution is 5.30. The van der Waals surface area contributed by atoms with Crippen molar-refractivity contribution in [3.05, 3.63) is 18.0 Å². The number of anilines is 1. The zero-order chi connectivity index (χ0) is 14.7. The summed E-state index contributed by atoms with van der Waals surface area (Å²) in [5.74, 6) is 1.75. The molecule has 1 N–H and O–H groups in total. The molecule has 2 aliphatic rings. The maximum absolute atomic E-state index is 4.45. The van der Waals surface area contributed by atoms with Crippen molar-refractivity contribution in [1.82, 2.24) is 20.4 Å². The van der Waals surface area contributed by atoms with Crippen LogP contribution < -0.4 is 10.3 Å². The minimum absolute atomic E-state index is 0.738. The summed E-state index contributed by atoms with van der Waals surface area (Å²) in [6.07, 6.45) is 10.4. The normalized spacial score (nSPS) is 24.7. The smallest absolute Gasteiger partial charge is 0.225 e. The molecule has 0 spiro atoms. The lowest BCUT2D eigenvalue weighted by Crippen LogP contribution is -2.42. The fourth-order valence-electron chi connectivity index (χ4n) is 3.68. The maximum atomic E-state index is 4.45. The molecule has 5 heteroatoms. The quantitative estimate of drug-likeness (QED) is 0.918. The van der Waals surface area contributed by atoms with Crippen LogP contribution in [0.1, 0.15) is 37.7 Å². The number of aryl methyl sites for hydroxylation is 1. The van der Waals surface area contributed by atoms with Crippen LogP contribution in [0.15, 0.2) is 12.4 Å². The van der Waals surface area contributed by atoms with E-state index in [0.717, 1.165) is 36.6 Å². The Labute approximate surface area is 127 Å². The summed E-state index contributed by atoms with van der Waals surface area (Å²) < 4.78 is 0. The van der Waals surface area contributed by atoms with Gasteiger partial charge in [-0.3, -0.25) is 5.43 Å². The van der Waals surface area contributed by atoms with Crippen LogP contribution in [0.2, 0.25) is 0 Å². The highest BCUT2D eigenvalue weighted by Crippen LogP contribution is 2.28. The van der Waals surface area contributed by atoms with Gasteiger partial charge in [0.1, 0.15) is 0 Å². The zero-order valence-electron chi connectivity index (χ0n) is 13.3. The second-order valence-corrected chi connectivity index (χ2v) is 6.44. The first kappa shape index (κ1) is 14.7. The molecule has 116 valence electrons. The Bertz CT molecular complexity index is 438. The van der Waals surface area contributed by atoms with E-state index in [0.29, 0.717) is 0 Å². The lowest BCUT2D eigenvalue weighted by Gasteiger charge is -2.34. The minimum atomic E-state index is 0.738. The number of nitrogens with one attached hydrogen (secondary N) is 1. The summed E-state index contributed by atoms with van der Waals surface area (Å²) >= 11 is 0. The Morgan fingerprint density at radius 1 is 1.14 bits per heavy atom. The van der Waals surface area contributed by atoms with Crippen molar-refractivity contribution >= 4 is 5.95 Å². The Kier molecular flexibility index (Phi) is 4.70. The number of hydrogen-bond acceptors (Lipinski definition) is 5. The molecule has 0 bridgehead atoms. The fraction of sp³-hybridized carbons (Fsp3) is 0.750. The number of nitrogens with zero attached hydrogens (tertiary/aromatic N) is 4. The molecule has 0 radical (unpaired) electrons. The van der Waals surface area contributed by atoms with E-state index in [1.807, 2.05) is 19.3 Å². The molecule has 3 heterocycles. The predicted octanol–water partition coefficient (Wildman–Crippen LogP) is 1.99. The third kappa shape index (κ3) is 3.52. The second-order valence-electron chi connectivity index (χ2n) is 6.44. The van der Waals surface area contributed by atoms with Gasteiger partial charge in [-0.25, -0.2) is 15.0 Å². The van der Waals surface area contributed by atoms with Crippen molar-refractivity contribution in [3.8, 4) is 0 Å². The van der Waals surface area contributed by atoms with Crippen molar-refractivity contribution in [1.29, 1.82) is 0 Å². The van der Waals surface area contributed by atoms with Gasteiger partial charge < -0.3 is 4.90 Å². The first-order valence-electron chi connectivity index (χ1n) is 8.24. The molecule has 5 nitrogen and oxygen atoms in total. The highest BCUT2D eigenvalue weighted by atomic mass is 15.5. The van der Waals surface area contributed by atoms with Crippen molar-refractivity contribution < 1.29 is 0 Å². The standard InChI is InChI=1S/C16H27N5/c1-13-11-18-16(19-12-13)20-8-5-14(6-9-20)10-15-4-3-7-21(15)17-2/h11-12,14-15,17H,3-10H2,1-2H3. The monoisotopic (exact) mass is 289 g/mol. The summed E-state index contributed by atoms with van der Waals surface area (Å²) in [5, 5.41) is 2.43. The van der Waals surface area contributed by atoms with Gasteiger partial charge in [0.2, 0.25) is 5.95 Å². The van der Waals surface area contributed by atoms with Crippen molar-refractivity contribution in [2.45, 2.75) is 45.1 Å². The van der Waals surface area contributed by atoms with Crippen LogP contribution in [0.25, 0.3) is 0 Å². The van der Waals surface area contributed by atoms with Crippen molar-refractivity contribution in [3.63, 3.8) is 0 Å². The maximum Gasteiger partial charge on any atom is 0.225 e. The van der Waals surface area contributed by atoms with Gasteiger partial charge in [0.05, 0.1) is 0 Å². The molecule has 0 aliphatic carbocycles. The summed E-state index contributed by atoms with van der Waals surface area (Å²) in [6.45, 7) is 5.43. The van der Waals surface area contributed by atoms with Gasteiger partial charge in [-0.2, -0.15) is 0 Å². The van der Waals surface area contributed by atoms with E-state index >= 15 is 0 Å². The van der Waals surface area contributed by atoms with E-state index in [4.69, 9.17) is 0 Å². The van der Waals surface area contributed by atoms with Gasteiger partial charge in [-0.1, -0.05) is 0 Å². The van der Waals surface area contributed by atoms with Gasteiger partial charge in [0.25, 0.3) is 0 Å². The van der Waals surface area contributed by atoms with Crippen LogP contribution in [0.5, 0.6) is 0 Å².